The topological polar surface area (TPSA) is 103 Å². The van der Waals surface area contributed by atoms with E-state index in [9.17, 15) is 19.6 Å². The Morgan fingerprint density at radius 3 is 2.57 bits per heavy atom. The molecule has 2 saturated heterocycles. The molecular weight excluding hydrogens is 492 g/mol. The van der Waals surface area contributed by atoms with E-state index < -0.39 is 17.4 Å². The first-order valence-electron chi connectivity index (χ1n) is 12.7. The molecular formula is C28H29ClN4O4. The number of piperidine rings is 2. The van der Waals surface area contributed by atoms with E-state index in [2.05, 4.69) is 16.3 Å². The third-order valence-electron chi connectivity index (χ3n) is 7.74. The zero-order valence-corrected chi connectivity index (χ0v) is 21.3. The minimum absolute atomic E-state index is 0.204. The van der Waals surface area contributed by atoms with Gasteiger partial charge < -0.3 is 14.5 Å². The number of fused-ring (bicyclic) bond motifs is 1. The summed E-state index contributed by atoms with van der Waals surface area (Å²) in [4.78, 5) is 40.7. The van der Waals surface area contributed by atoms with Crippen LogP contribution in [0.5, 0.6) is 5.75 Å². The van der Waals surface area contributed by atoms with E-state index in [1.165, 1.54) is 4.90 Å². The Labute approximate surface area is 221 Å². The van der Waals surface area contributed by atoms with Crippen molar-refractivity contribution in [3.8, 4) is 11.8 Å². The molecule has 0 saturated carbocycles. The molecule has 9 heteroatoms. The van der Waals surface area contributed by atoms with Gasteiger partial charge in [0, 0.05) is 29.1 Å². The smallest absolute Gasteiger partial charge is 0.255 e. The highest BCUT2D eigenvalue weighted by Gasteiger charge is 2.40. The molecule has 3 heterocycles. The number of nitrogens with zero attached hydrogens (tertiary/aromatic N) is 3. The highest BCUT2D eigenvalue weighted by molar-refractivity contribution is 6.30. The van der Waals surface area contributed by atoms with Crippen LogP contribution in [0, 0.1) is 11.3 Å². The largest absolute Gasteiger partial charge is 0.493 e. The van der Waals surface area contributed by atoms with Crippen LogP contribution < -0.4 is 10.1 Å². The van der Waals surface area contributed by atoms with Crippen LogP contribution in [-0.4, -0.2) is 59.8 Å². The summed E-state index contributed by atoms with van der Waals surface area (Å²) in [7, 11) is 0. The molecule has 3 aliphatic heterocycles. The fraction of sp³-hybridized carbons (Fsp3) is 0.429. The first-order valence-corrected chi connectivity index (χ1v) is 13.1. The van der Waals surface area contributed by atoms with Crippen LogP contribution in [0.25, 0.3) is 0 Å². The van der Waals surface area contributed by atoms with Crippen LogP contribution in [0.4, 0.5) is 0 Å². The maximum absolute atomic E-state index is 13.0. The van der Waals surface area contributed by atoms with Gasteiger partial charge in [-0.1, -0.05) is 29.8 Å². The fourth-order valence-corrected chi connectivity index (χ4v) is 5.68. The lowest BCUT2D eigenvalue weighted by Gasteiger charge is -2.37. The molecule has 0 spiro atoms. The first kappa shape index (κ1) is 25.2. The van der Waals surface area contributed by atoms with Crippen LogP contribution in [0.3, 0.4) is 0 Å². The molecule has 2 fully saturated rings. The predicted molar refractivity (Wildman–Crippen MR) is 137 cm³/mol. The van der Waals surface area contributed by atoms with Crippen LogP contribution in [-0.2, 0) is 21.5 Å². The summed E-state index contributed by atoms with van der Waals surface area (Å²) in [6.45, 7) is 3.33. The standard InChI is InChI=1S/C28H29ClN4O4/c29-20-7-5-19(6-8-20)28(18-30)11-14-32(15-12-28)13-2-16-37-24-4-1-3-21-22(24)17-33(27(21)36)23-9-10-25(34)31-26(23)35/h1,3-8,23H,2,9-17H2,(H,31,34,35). The molecule has 0 radical (unpaired) electrons. The second kappa shape index (κ2) is 10.5. The van der Waals surface area contributed by atoms with Crippen molar-refractivity contribution in [3.63, 3.8) is 0 Å². The molecule has 3 aliphatic rings. The average Bonchev–Trinajstić information content (AvgIpc) is 3.24. The number of nitrogens with one attached hydrogen (secondary N) is 1. The molecule has 2 aromatic carbocycles. The Morgan fingerprint density at radius 2 is 1.86 bits per heavy atom. The van der Waals surface area contributed by atoms with Gasteiger partial charge in [0.15, 0.2) is 0 Å². The minimum Gasteiger partial charge on any atom is -0.493 e. The lowest BCUT2D eigenvalue weighted by Crippen LogP contribution is -2.52. The Balaban J connectivity index is 1.13. The van der Waals surface area contributed by atoms with Crippen molar-refractivity contribution >= 4 is 29.3 Å². The summed E-state index contributed by atoms with van der Waals surface area (Å²) < 4.78 is 6.09. The number of carbonyl (C=O) groups excluding carboxylic acids is 3. The van der Waals surface area contributed by atoms with Crippen molar-refractivity contribution in [3.05, 3.63) is 64.2 Å². The lowest BCUT2D eigenvalue weighted by molar-refractivity contribution is -0.136. The molecule has 8 nitrogen and oxygen atoms in total. The summed E-state index contributed by atoms with van der Waals surface area (Å²) in [5.74, 6) is -0.264. The third kappa shape index (κ3) is 5.07. The van der Waals surface area contributed by atoms with Crippen molar-refractivity contribution in [1.82, 2.24) is 15.1 Å². The van der Waals surface area contributed by atoms with Gasteiger partial charge in [0.25, 0.3) is 5.91 Å². The average molecular weight is 521 g/mol. The predicted octanol–water partition coefficient (Wildman–Crippen LogP) is 3.43. The second-order valence-electron chi connectivity index (χ2n) is 9.93. The molecule has 3 amide bonds. The van der Waals surface area contributed by atoms with E-state index in [4.69, 9.17) is 16.3 Å². The second-order valence-corrected chi connectivity index (χ2v) is 10.4. The number of hydrogen-bond donors (Lipinski definition) is 1. The summed E-state index contributed by atoms with van der Waals surface area (Å²) in [6, 6.07) is 14.9. The summed E-state index contributed by atoms with van der Waals surface area (Å²) in [5.41, 5.74) is 1.90. The molecule has 5 rings (SSSR count). The molecule has 37 heavy (non-hydrogen) atoms. The number of halogens is 1. The van der Waals surface area contributed by atoms with Gasteiger partial charge in [-0.2, -0.15) is 5.26 Å². The van der Waals surface area contributed by atoms with Crippen molar-refractivity contribution in [2.45, 2.75) is 50.1 Å². The number of ether oxygens (including phenoxy) is 1. The summed E-state index contributed by atoms with van der Waals surface area (Å²) in [6.07, 6.45) is 2.93. The summed E-state index contributed by atoms with van der Waals surface area (Å²) >= 11 is 6.02. The van der Waals surface area contributed by atoms with Crippen LogP contribution in [0.1, 0.15) is 53.6 Å². The number of rotatable bonds is 7. The molecule has 1 N–H and O–H groups in total. The van der Waals surface area contributed by atoms with Gasteiger partial charge in [-0.25, -0.2) is 0 Å². The zero-order chi connectivity index (χ0) is 26.0. The zero-order valence-electron chi connectivity index (χ0n) is 20.5. The number of hydrogen-bond acceptors (Lipinski definition) is 6. The SMILES string of the molecule is N#CC1(c2ccc(Cl)cc2)CCN(CCCOc2cccc3c2CN(C2CCC(=O)NC2=O)C3=O)CC1. The normalized spacial score (nSPS) is 21.4. The number of amides is 3. The Bertz CT molecular complexity index is 1250. The van der Waals surface area contributed by atoms with Crippen LogP contribution in [0.2, 0.25) is 5.02 Å². The van der Waals surface area contributed by atoms with E-state index in [1.807, 2.05) is 30.3 Å². The highest BCUT2D eigenvalue weighted by atomic mass is 35.5. The Hall–Kier alpha value is -3.41. The maximum Gasteiger partial charge on any atom is 0.255 e. The van der Waals surface area contributed by atoms with Gasteiger partial charge in [-0.05, 0) is 68.6 Å². The number of benzene rings is 2. The maximum atomic E-state index is 13.0. The van der Waals surface area contributed by atoms with E-state index in [1.54, 1.807) is 12.1 Å². The minimum atomic E-state index is -0.641. The Kier molecular flexibility index (Phi) is 7.18. The number of carbonyl (C=O) groups is 3. The number of likely N-dealkylation sites (tertiary alicyclic amines) is 1. The van der Waals surface area contributed by atoms with Crippen LogP contribution >= 0.6 is 11.6 Å². The van der Waals surface area contributed by atoms with E-state index in [0.717, 1.165) is 50.0 Å². The van der Waals surface area contributed by atoms with Crippen molar-refractivity contribution in [1.29, 1.82) is 5.26 Å². The van der Waals surface area contributed by atoms with Crippen molar-refractivity contribution in [2.75, 3.05) is 26.2 Å². The van der Waals surface area contributed by atoms with Gasteiger partial charge in [-0.3, -0.25) is 19.7 Å². The number of imide groups is 1. The molecule has 0 aliphatic carbocycles. The molecule has 2 aromatic rings. The van der Waals surface area contributed by atoms with Gasteiger partial charge in [0.2, 0.25) is 11.8 Å². The molecule has 192 valence electrons. The lowest BCUT2D eigenvalue weighted by atomic mass is 9.74. The van der Waals surface area contributed by atoms with Gasteiger partial charge in [-0.15, -0.1) is 0 Å². The van der Waals surface area contributed by atoms with Gasteiger partial charge in [0.1, 0.15) is 11.8 Å². The molecule has 1 unspecified atom stereocenters. The van der Waals surface area contributed by atoms with Crippen LogP contribution in [0.15, 0.2) is 42.5 Å². The first-order chi connectivity index (χ1) is 17.9. The molecule has 1 atom stereocenters. The van der Waals surface area contributed by atoms with E-state index in [-0.39, 0.29) is 18.2 Å². The fourth-order valence-electron chi connectivity index (χ4n) is 5.56. The highest BCUT2D eigenvalue weighted by Crippen LogP contribution is 2.36. The van der Waals surface area contributed by atoms with Gasteiger partial charge in [0.05, 0.1) is 24.6 Å². The number of nitriles is 1. The molecule has 0 aromatic heterocycles. The van der Waals surface area contributed by atoms with Gasteiger partial charge >= 0.3 is 0 Å². The molecule has 0 bridgehead atoms. The summed E-state index contributed by atoms with van der Waals surface area (Å²) in [5, 5.41) is 12.9. The third-order valence-corrected chi connectivity index (χ3v) is 7.99. The van der Waals surface area contributed by atoms with E-state index >= 15 is 0 Å². The Morgan fingerprint density at radius 1 is 1.11 bits per heavy atom. The quantitative estimate of drug-likeness (QED) is 0.443. The monoisotopic (exact) mass is 520 g/mol. The van der Waals surface area contributed by atoms with E-state index in [0.29, 0.717) is 35.9 Å². The van der Waals surface area contributed by atoms with Crippen molar-refractivity contribution in [2.24, 2.45) is 0 Å². The van der Waals surface area contributed by atoms with Crippen molar-refractivity contribution < 1.29 is 19.1 Å².